The minimum absolute atomic E-state index is 0.158. The van der Waals surface area contributed by atoms with Gasteiger partial charge in [-0.2, -0.15) is 4.98 Å². The van der Waals surface area contributed by atoms with Crippen molar-refractivity contribution in [3.8, 4) is 11.5 Å². The van der Waals surface area contributed by atoms with Crippen LogP contribution in [0.4, 0.5) is 4.39 Å². The van der Waals surface area contributed by atoms with Crippen molar-refractivity contribution in [3.05, 3.63) is 80.2 Å². The van der Waals surface area contributed by atoms with Gasteiger partial charge in [-0.05, 0) is 60.6 Å². The second kappa shape index (κ2) is 8.18. The van der Waals surface area contributed by atoms with E-state index in [1.54, 1.807) is 12.1 Å². The van der Waals surface area contributed by atoms with Crippen molar-refractivity contribution < 1.29 is 4.39 Å². The monoisotopic (exact) mass is 406 g/mol. The summed E-state index contributed by atoms with van der Waals surface area (Å²) in [6.07, 6.45) is 2.47. The van der Waals surface area contributed by atoms with Crippen molar-refractivity contribution in [1.82, 2.24) is 19.5 Å². The fourth-order valence-corrected chi connectivity index (χ4v) is 3.68. The predicted octanol–water partition coefficient (Wildman–Crippen LogP) is 3.87. The predicted molar refractivity (Wildman–Crippen MR) is 114 cm³/mol. The summed E-state index contributed by atoms with van der Waals surface area (Å²) in [5.74, 6) is 0.397. The van der Waals surface area contributed by atoms with Gasteiger partial charge in [-0.1, -0.05) is 32.0 Å². The van der Waals surface area contributed by atoms with E-state index in [0.29, 0.717) is 18.0 Å². The minimum atomic E-state index is -0.683. The summed E-state index contributed by atoms with van der Waals surface area (Å²) in [6.45, 7) is 4.82. The van der Waals surface area contributed by atoms with Crippen molar-refractivity contribution in [3.63, 3.8) is 0 Å². The van der Waals surface area contributed by atoms with E-state index >= 15 is 0 Å². The van der Waals surface area contributed by atoms with Crippen LogP contribution in [0.15, 0.2) is 52.1 Å². The number of aromatic nitrogens is 4. The Morgan fingerprint density at radius 3 is 2.60 bits per heavy atom. The summed E-state index contributed by atoms with van der Waals surface area (Å²) in [7, 11) is 0. The van der Waals surface area contributed by atoms with Gasteiger partial charge in [-0.3, -0.25) is 9.78 Å². The zero-order valence-electron chi connectivity index (χ0n) is 17.0. The smallest absolute Gasteiger partial charge is 0.322 e. The lowest BCUT2D eigenvalue weighted by Gasteiger charge is -2.18. The molecule has 2 aliphatic heterocycles. The Bertz CT molecular complexity index is 1280. The Hall–Kier alpha value is -3.35. The quantitative estimate of drug-likeness (QED) is 0.493. The molecule has 2 aliphatic rings. The van der Waals surface area contributed by atoms with Gasteiger partial charge >= 0.3 is 5.69 Å². The Balaban J connectivity index is 1.78. The normalized spacial score (nSPS) is 12.5. The average molecular weight is 406 g/mol. The lowest BCUT2D eigenvalue weighted by Crippen LogP contribution is -2.29. The molecule has 0 saturated heterocycles. The Kier molecular flexibility index (Phi) is 5.44. The van der Waals surface area contributed by atoms with Crippen LogP contribution in [0.25, 0.3) is 22.6 Å². The number of nitrogens with zero attached hydrogens (tertiary/aromatic N) is 3. The number of aromatic amines is 1. The lowest BCUT2D eigenvalue weighted by molar-refractivity contribution is 0.624. The molecule has 1 N–H and O–H groups in total. The number of halogens is 1. The first-order valence-corrected chi connectivity index (χ1v) is 10.1. The molecular formula is C23H23FN4O2. The number of nitrogens with one attached hydrogen (secondary N) is 1. The second-order valence-electron chi connectivity index (χ2n) is 7.59. The molecule has 2 aromatic carbocycles. The second-order valence-corrected chi connectivity index (χ2v) is 7.59. The molecule has 1 atom stereocenters. The molecule has 0 spiro atoms. The van der Waals surface area contributed by atoms with Crippen LogP contribution in [-0.2, 0) is 13.0 Å². The first-order valence-electron chi connectivity index (χ1n) is 10.1. The van der Waals surface area contributed by atoms with E-state index in [0.717, 1.165) is 35.9 Å². The van der Waals surface area contributed by atoms with Gasteiger partial charge in [0.2, 0.25) is 0 Å². The highest BCUT2D eigenvalue weighted by Gasteiger charge is 2.19. The minimum Gasteiger partial charge on any atom is -0.322 e. The number of H-pyrrole nitrogens is 1. The molecule has 0 radical (unpaired) electrons. The maximum absolute atomic E-state index is 13.1. The van der Waals surface area contributed by atoms with Crippen LogP contribution in [-0.4, -0.2) is 19.5 Å². The fraction of sp³-hybridized carbons (Fsp3) is 0.304. The van der Waals surface area contributed by atoms with Crippen LogP contribution in [0.2, 0.25) is 0 Å². The zero-order chi connectivity index (χ0) is 21.3. The number of fused-ring (bicyclic) bond motifs is 2. The Morgan fingerprint density at radius 1 is 1.10 bits per heavy atom. The van der Waals surface area contributed by atoms with E-state index in [9.17, 15) is 14.0 Å². The summed E-state index contributed by atoms with van der Waals surface area (Å²) in [4.78, 5) is 35.0. The molecule has 0 saturated carbocycles. The van der Waals surface area contributed by atoms with E-state index < -0.39 is 11.2 Å². The van der Waals surface area contributed by atoms with E-state index in [4.69, 9.17) is 0 Å². The third-order valence-electron chi connectivity index (χ3n) is 5.57. The highest BCUT2D eigenvalue weighted by molar-refractivity contribution is 5.80. The molecule has 0 amide bonds. The Labute approximate surface area is 172 Å². The maximum atomic E-state index is 13.1. The van der Waals surface area contributed by atoms with Crippen molar-refractivity contribution in [2.75, 3.05) is 0 Å². The third-order valence-corrected chi connectivity index (χ3v) is 5.57. The van der Waals surface area contributed by atoms with E-state index in [1.165, 1.54) is 12.1 Å². The zero-order valence-corrected chi connectivity index (χ0v) is 17.0. The van der Waals surface area contributed by atoms with E-state index in [-0.39, 0.29) is 17.3 Å². The number of hydrogen-bond acceptors (Lipinski definition) is 4. The lowest BCUT2D eigenvalue weighted by atomic mass is 9.98. The average Bonchev–Trinajstić information content (AvgIpc) is 2.74. The molecule has 4 rings (SSSR count). The van der Waals surface area contributed by atoms with Gasteiger partial charge in [0.05, 0.1) is 11.0 Å². The summed E-state index contributed by atoms with van der Waals surface area (Å²) in [5.41, 5.74) is 2.64. The number of benzene rings is 2. The first-order chi connectivity index (χ1) is 14.5. The van der Waals surface area contributed by atoms with Crippen LogP contribution in [0.5, 0.6) is 0 Å². The third kappa shape index (κ3) is 3.87. The maximum Gasteiger partial charge on any atom is 0.349 e. The van der Waals surface area contributed by atoms with Gasteiger partial charge in [0.1, 0.15) is 5.82 Å². The molecule has 7 heteroatoms. The van der Waals surface area contributed by atoms with Crippen LogP contribution in [0.3, 0.4) is 0 Å². The number of aryl methyl sites for hydroxylation is 2. The topological polar surface area (TPSA) is 80.6 Å². The van der Waals surface area contributed by atoms with Crippen molar-refractivity contribution in [2.45, 2.75) is 45.6 Å². The van der Waals surface area contributed by atoms with Crippen molar-refractivity contribution in [2.24, 2.45) is 0 Å². The molecule has 6 nitrogen and oxygen atoms in total. The van der Waals surface area contributed by atoms with Crippen LogP contribution < -0.4 is 11.2 Å². The van der Waals surface area contributed by atoms with Crippen molar-refractivity contribution >= 4 is 11.0 Å². The molecule has 0 aromatic heterocycles. The molecular weight excluding hydrogens is 383 g/mol. The van der Waals surface area contributed by atoms with Crippen LogP contribution >= 0.6 is 0 Å². The molecule has 0 fully saturated rings. The molecule has 0 bridgehead atoms. The van der Waals surface area contributed by atoms with Gasteiger partial charge < -0.3 is 4.57 Å². The standard InChI is InChI=1S/C23H23FN4O2/c1-3-14(2)16-8-11-19-18(13-16)25-20-21(26-23(30)27-22(20)29)28(19)12-4-5-15-6-9-17(24)10-7-15/h6-11,13-14H,3-5,12H2,1-2H3,(H,27,29,30). The van der Waals surface area contributed by atoms with Gasteiger partial charge in [0.15, 0.2) is 11.5 Å². The van der Waals surface area contributed by atoms with Gasteiger partial charge in [-0.15, -0.1) is 0 Å². The molecule has 154 valence electrons. The SMILES string of the molecule is CCC(C)c1ccc2c(c1)nc1c(=O)[nH]c(=O)nc-1n2CCCc1ccc(F)cc1. The van der Waals surface area contributed by atoms with Crippen LogP contribution in [0.1, 0.15) is 43.7 Å². The number of rotatable bonds is 6. The van der Waals surface area contributed by atoms with Crippen LogP contribution in [0, 0.1) is 5.82 Å². The van der Waals surface area contributed by atoms with Gasteiger partial charge in [0.25, 0.3) is 5.56 Å². The summed E-state index contributed by atoms with van der Waals surface area (Å²) >= 11 is 0. The van der Waals surface area contributed by atoms with Crippen molar-refractivity contribution in [1.29, 1.82) is 0 Å². The highest BCUT2D eigenvalue weighted by Crippen LogP contribution is 2.26. The molecule has 30 heavy (non-hydrogen) atoms. The molecule has 0 aliphatic carbocycles. The van der Waals surface area contributed by atoms with Gasteiger partial charge in [0, 0.05) is 6.54 Å². The molecule has 2 aromatic rings. The highest BCUT2D eigenvalue weighted by atomic mass is 19.1. The number of hydrogen-bond donors (Lipinski definition) is 1. The Morgan fingerprint density at radius 2 is 1.87 bits per heavy atom. The van der Waals surface area contributed by atoms with Gasteiger partial charge in [-0.25, -0.2) is 14.2 Å². The molecule has 2 heterocycles. The van der Waals surface area contributed by atoms with E-state index in [2.05, 4.69) is 34.9 Å². The first kappa shape index (κ1) is 19.9. The summed E-state index contributed by atoms with van der Waals surface area (Å²) in [6, 6.07) is 12.5. The molecule has 1 unspecified atom stereocenters. The fourth-order valence-electron chi connectivity index (χ4n) is 3.68. The summed E-state index contributed by atoms with van der Waals surface area (Å²) in [5, 5.41) is 0. The van der Waals surface area contributed by atoms with E-state index in [1.807, 2.05) is 16.7 Å². The summed E-state index contributed by atoms with van der Waals surface area (Å²) < 4.78 is 15.0. The largest absolute Gasteiger partial charge is 0.349 e.